The number of aliphatic carboxylic acids is 1. The summed E-state index contributed by atoms with van der Waals surface area (Å²) in [5, 5.41) is 12.2. The second kappa shape index (κ2) is 6.26. The first-order valence-corrected chi connectivity index (χ1v) is 5.88. The predicted molar refractivity (Wildman–Crippen MR) is 58.3 cm³/mol. The van der Waals surface area contributed by atoms with E-state index < -0.39 is 24.5 Å². The average Bonchev–Trinajstić information content (AvgIpc) is 2.68. The SMILES string of the molecule is CCCNC1(C(=O)O)CCC(OCC(F)F)C1. The van der Waals surface area contributed by atoms with E-state index in [1.807, 2.05) is 6.92 Å². The van der Waals surface area contributed by atoms with E-state index in [0.29, 0.717) is 19.4 Å². The van der Waals surface area contributed by atoms with Gasteiger partial charge < -0.3 is 15.2 Å². The number of nitrogens with one attached hydrogen (secondary N) is 1. The second-order valence-corrected chi connectivity index (χ2v) is 4.40. The van der Waals surface area contributed by atoms with Gasteiger partial charge in [-0.25, -0.2) is 8.78 Å². The number of ether oxygens (including phenoxy) is 1. The van der Waals surface area contributed by atoms with Crippen molar-refractivity contribution in [2.24, 2.45) is 0 Å². The molecule has 4 nitrogen and oxygen atoms in total. The largest absolute Gasteiger partial charge is 0.480 e. The molecule has 0 aliphatic heterocycles. The zero-order valence-electron chi connectivity index (χ0n) is 9.92. The van der Waals surface area contributed by atoms with Crippen molar-refractivity contribution in [3.8, 4) is 0 Å². The Morgan fingerprint density at radius 2 is 2.35 bits per heavy atom. The van der Waals surface area contributed by atoms with Crippen molar-refractivity contribution in [2.45, 2.75) is 50.7 Å². The number of halogens is 2. The van der Waals surface area contributed by atoms with Crippen molar-refractivity contribution < 1.29 is 23.4 Å². The molecule has 1 aliphatic rings. The molecule has 0 radical (unpaired) electrons. The van der Waals surface area contributed by atoms with E-state index >= 15 is 0 Å². The molecule has 17 heavy (non-hydrogen) atoms. The maximum Gasteiger partial charge on any atom is 0.323 e. The van der Waals surface area contributed by atoms with E-state index in [1.165, 1.54) is 0 Å². The highest BCUT2D eigenvalue weighted by Gasteiger charge is 2.45. The Labute approximate surface area is 99.3 Å². The molecular formula is C11H19F2NO3. The highest BCUT2D eigenvalue weighted by Crippen LogP contribution is 2.32. The number of hydrogen-bond donors (Lipinski definition) is 2. The van der Waals surface area contributed by atoms with Crippen LogP contribution in [0.2, 0.25) is 0 Å². The van der Waals surface area contributed by atoms with Gasteiger partial charge in [-0.1, -0.05) is 6.92 Å². The van der Waals surface area contributed by atoms with Crippen LogP contribution in [0.25, 0.3) is 0 Å². The topological polar surface area (TPSA) is 58.6 Å². The molecule has 0 aromatic rings. The number of hydrogen-bond acceptors (Lipinski definition) is 3. The summed E-state index contributed by atoms with van der Waals surface area (Å²) in [5.74, 6) is -0.922. The number of carboxylic acid groups (broad SMARTS) is 1. The third-order valence-electron chi connectivity index (χ3n) is 3.05. The monoisotopic (exact) mass is 251 g/mol. The van der Waals surface area contributed by atoms with Crippen LogP contribution >= 0.6 is 0 Å². The van der Waals surface area contributed by atoms with Crippen LogP contribution in [0.5, 0.6) is 0 Å². The van der Waals surface area contributed by atoms with Crippen LogP contribution in [0.4, 0.5) is 8.78 Å². The Morgan fingerprint density at radius 3 is 2.88 bits per heavy atom. The first-order chi connectivity index (χ1) is 8.00. The van der Waals surface area contributed by atoms with E-state index in [-0.39, 0.29) is 12.5 Å². The Hall–Kier alpha value is -0.750. The van der Waals surface area contributed by atoms with Gasteiger partial charge >= 0.3 is 5.97 Å². The molecule has 1 fully saturated rings. The summed E-state index contributed by atoms with van der Waals surface area (Å²) in [6.07, 6.45) is -0.860. The molecule has 2 unspecified atom stereocenters. The molecule has 0 amide bonds. The van der Waals surface area contributed by atoms with Crippen molar-refractivity contribution >= 4 is 5.97 Å². The molecule has 0 spiro atoms. The van der Waals surface area contributed by atoms with Gasteiger partial charge in [0.1, 0.15) is 12.1 Å². The van der Waals surface area contributed by atoms with Crippen molar-refractivity contribution in [1.29, 1.82) is 0 Å². The van der Waals surface area contributed by atoms with Crippen molar-refractivity contribution in [1.82, 2.24) is 5.32 Å². The molecule has 2 N–H and O–H groups in total. The molecular weight excluding hydrogens is 232 g/mol. The van der Waals surface area contributed by atoms with Gasteiger partial charge in [-0.05, 0) is 25.8 Å². The van der Waals surface area contributed by atoms with E-state index in [0.717, 1.165) is 6.42 Å². The summed E-state index contributed by atoms with van der Waals surface area (Å²) in [5.41, 5.74) is -0.997. The first-order valence-electron chi connectivity index (χ1n) is 5.88. The highest BCUT2D eigenvalue weighted by atomic mass is 19.3. The van der Waals surface area contributed by atoms with Gasteiger partial charge in [0.05, 0.1) is 6.10 Å². The lowest BCUT2D eigenvalue weighted by Crippen LogP contribution is -2.50. The molecule has 0 aromatic carbocycles. The predicted octanol–water partition coefficient (Wildman–Crippen LogP) is 1.64. The lowest BCUT2D eigenvalue weighted by atomic mass is 9.97. The number of rotatable bonds is 7. The maximum atomic E-state index is 12.0. The van der Waals surface area contributed by atoms with Gasteiger partial charge in [0, 0.05) is 6.42 Å². The van der Waals surface area contributed by atoms with Crippen molar-refractivity contribution in [3.05, 3.63) is 0 Å². The van der Waals surface area contributed by atoms with Gasteiger partial charge in [0.25, 0.3) is 6.43 Å². The molecule has 0 heterocycles. The summed E-state index contributed by atoms with van der Waals surface area (Å²) >= 11 is 0. The summed E-state index contributed by atoms with van der Waals surface area (Å²) in [6, 6.07) is 0. The molecule has 0 bridgehead atoms. The first kappa shape index (κ1) is 14.3. The average molecular weight is 251 g/mol. The summed E-state index contributed by atoms with van der Waals surface area (Å²) in [7, 11) is 0. The van der Waals surface area contributed by atoms with Crippen molar-refractivity contribution in [3.63, 3.8) is 0 Å². The minimum atomic E-state index is -2.50. The van der Waals surface area contributed by atoms with Crippen LogP contribution in [-0.4, -0.2) is 42.3 Å². The maximum absolute atomic E-state index is 12.0. The van der Waals surface area contributed by atoms with E-state index in [4.69, 9.17) is 4.74 Å². The normalized spacial score (nSPS) is 28.8. The number of carbonyl (C=O) groups is 1. The molecule has 6 heteroatoms. The third-order valence-corrected chi connectivity index (χ3v) is 3.05. The molecule has 1 aliphatic carbocycles. The lowest BCUT2D eigenvalue weighted by molar-refractivity contribution is -0.145. The fraction of sp³-hybridized carbons (Fsp3) is 0.909. The standard InChI is InChI=1S/C11H19F2NO3/c1-2-5-14-11(10(15)16)4-3-8(6-11)17-7-9(12)13/h8-9,14H,2-7H2,1H3,(H,15,16). The molecule has 1 rings (SSSR count). The van der Waals surface area contributed by atoms with E-state index in [9.17, 15) is 18.7 Å². The van der Waals surface area contributed by atoms with Crippen LogP contribution < -0.4 is 5.32 Å². The van der Waals surface area contributed by atoms with Crippen molar-refractivity contribution in [2.75, 3.05) is 13.2 Å². The summed E-state index contributed by atoms with van der Waals surface area (Å²) < 4.78 is 29.0. The zero-order valence-corrected chi connectivity index (χ0v) is 9.92. The van der Waals surface area contributed by atoms with Gasteiger partial charge in [0.2, 0.25) is 0 Å². The zero-order chi connectivity index (χ0) is 12.9. The minimum absolute atomic E-state index is 0.259. The van der Waals surface area contributed by atoms with E-state index in [1.54, 1.807) is 0 Å². The number of carboxylic acids is 1. The quantitative estimate of drug-likeness (QED) is 0.722. The van der Waals surface area contributed by atoms with Gasteiger partial charge in [0.15, 0.2) is 0 Å². The fourth-order valence-electron chi connectivity index (χ4n) is 2.15. The second-order valence-electron chi connectivity index (χ2n) is 4.40. The van der Waals surface area contributed by atoms with Crippen LogP contribution in [0.3, 0.4) is 0 Å². The van der Waals surface area contributed by atoms with Crippen LogP contribution in [0.15, 0.2) is 0 Å². The summed E-state index contributed by atoms with van der Waals surface area (Å²) in [6.45, 7) is 1.93. The number of alkyl halides is 2. The van der Waals surface area contributed by atoms with Gasteiger partial charge in [-0.15, -0.1) is 0 Å². The fourth-order valence-corrected chi connectivity index (χ4v) is 2.15. The van der Waals surface area contributed by atoms with Crippen LogP contribution in [0, 0.1) is 0 Å². The van der Waals surface area contributed by atoms with Gasteiger partial charge in [-0.2, -0.15) is 0 Å². The molecule has 0 aromatic heterocycles. The van der Waals surface area contributed by atoms with E-state index in [2.05, 4.69) is 5.32 Å². The van der Waals surface area contributed by atoms with Crippen LogP contribution in [-0.2, 0) is 9.53 Å². The minimum Gasteiger partial charge on any atom is -0.480 e. The van der Waals surface area contributed by atoms with Crippen LogP contribution in [0.1, 0.15) is 32.6 Å². The Balaban J connectivity index is 2.50. The summed E-state index contributed by atoms with van der Waals surface area (Å²) in [4.78, 5) is 11.2. The molecule has 0 saturated heterocycles. The Morgan fingerprint density at radius 1 is 1.65 bits per heavy atom. The Kier molecular flexibility index (Phi) is 5.27. The lowest BCUT2D eigenvalue weighted by Gasteiger charge is -2.25. The smallest absolute Gasteiger partial charge is 0.323 e. The molecule has 100 valence electrons. The Bertz CT molecular complexity index is 263. The van der Waals surface area contributed by atoms with Gasteiger partial charge in [-0.3, -0.25) is 4.79 Å². The molecule has 2 atom stereocenters. The molecule has 1 saturated carbocycles. The third kappa shape index (κ3) is 3.89. The highest BCUT2D eigenvalue weighted by molar-refractivity contribution is 5.79.